The van der Waals surface area contributed by atoms with Crippen LogP contribution in [0.25, 0.3) is 39.7 Å². The van der Waals surface area contributed by atoms with E-state index in [4.69, 9.17) is 9.72 Å². The molecule has 0 bridgehead atoms. The van der Waals surface area contributed by atoms with E-state index in [1.165, 1.54) is 6.07 Å². The number of aromatic nitrogens is 5. The number of hydrogen-bond donors (Lipinski definition) is 2. The monoisotopic (exact) mass is 594 g/mol. The van der Waals surface area contributed by atoms with E-state index >= 15 is 0 Å². The molecule has 0 radical (unpaired) electrons. The predicted molar refractivity (Wildman–Crippen MR) is 166 cm³/mol. The maximum absolute atomic E-state index is 13.4. The molecular formula is C34H29F3N6O. The van der Waals surface area contributed by atoms with Crippen molar-refractivity contribution in [2.75, 3.05) is 5.32 Å². The van der Waals surface area contributed by atoms with E-state index < -0.39 is 11.7 Å². The van der Waals surface area contributed by atoms with Crippen molar-refractivity contribution in [1.29, 1.82) is 0 Å². The van der Waals surface area contributed by atoms with E-state index in [0.717, 1.165) is 53.5 Å². The maximum atomic E-state index is 13.4. The van der Waals surface area contributed by atoms with Crippen molar-refractivity contribution < 1.29 is 17.9 Å². The van der Waals surface area contributed by atoms with Gasteiger partial charge in [0.25, 0.3) is 0 Å². The Bertz CT molecular complexity index is 2010. The first-order chi connectivity index (χ1) is 21.3. The van der Waals surface area contributed by atoms with Gasteiger partial charge < -0.3 is 19.6 Å². The van der Waals surface area contributed by atoms with Crippen molar-refractivity contribution in [2.24, 2.45) is 5.92 Å². The van der Waals surface area contributed by atoms with Crippen LogP contribution in [-0.4, -0.2) is 24.5 Å². The Morgan fingerprint density at radius 3 is 2.70 bits per heavy atom. The van der Waals surface area contributed by atoms with Crippen LogP contribution in [0.2, 0.25) is 0 Å². The summed E-state index contributed by atoms with van der Waals surface area (Å²) in [5.41, 5.74) is 4.53. The van der Waals surface area contributed by atoms with E-state index in [1.54, 1.807) is 24.4 Å². The van der Waals surface area contributed by atoms with E-state index in [2.05, 4.69) is 38.3 Å². The molecule has 0 saturated heterocycles. The molecule has 44 heavy (non-hydrogen) atoms. The fourth-order valence-corrected chi connectivity index (χ4v) is 5.71. The summed E-state index contributed by atoms with van der Waals surface area (Å²) in [4.78, 5) is 17.3. The second-order valence-corrected chi connectivity index (χ2v) is 11.1. The van der Waals surface area contributed by atoms with Gasteiger partial charge in [-0.3, -0.25) is 4.98 Å². The van der Waals surface area contributed by atoms with Crippen LogP contribution in [0.4, 0.5) is 24.8 Å². The number of H-pyrrole nitrogens is 1. The third-order valence-corrected chi connectivity index (χ3v) is 7.93. The molecule has 3 aromatic carbocycles. The van der Waals surface area contributed by atoms with Crippen LogP contribution >= 0.6 is 0 Å². The minimum atomic E-state index is -4.43. The third-order valence-electron chi connectivity index (χ3n) is 7.93. The molecule has 0 amide bonds. The number of hydrogen-bond acceptors (Lipinski definition) is 5. The molecule has 1 aliphatic carbocycles. The number of rotatable bonds is 9. The molecule has 1 aliphatic rings. The summed E-state index contributed by atoms with van der Waals surface area (Å²) in [6.45, 7) is 5.98. The number of nitrogens with one attached hydrogen (secondary N) is 2. The highest BCUT2D eigenvalue weighted by molar-refractivity contribution is 5.83. The fraction of sp³-hybridized carbons (Fsp3) is 0.206. The van der Waals surface area contributed by atoms with E-state index in [-0.39, 0.29) is 6.04 Å². The first-order valence-electron chi connectivity index (χ1n) is 14.5. The van der Waals surface area contributed by atoms with Crippen molar-refractivity contribution in [3.63, 3.8) is 0 Å². The van der Waals surface area contributed by atoms with Gasteiger partial charge in [-0.15, -0.1) is 0 Å². The standard InChI is InChI=1S/C34H29F3N6O/c1-3-6-21-16-31(21)43-30-12-10-24(18-28(30)42-33(43)39-23-8-5-7-22(17-23)34(35,36)37)44-25-13-14-38-29(19-25)32-40-26-11-9-20(4-2)15-27(26)41-32/h4-5,7-15,17-19,21,31H,2-3,6,16H2,1H3,(H,39,42)(H,40,41). The Labute approximate surface area is 251 Å². The van der Waals surface area contributed by atoms with Crippen molar-refractivity contribution >= 4 is 39.8 Å². The van der Waals surface area contributed by atoms with Gasteiger partial charge in [-0.2, -0.15) is 13.2 Å². The number of alkyl halides is 3. The van der Waals surface area contributed by atoms with Crippen LogP contribution in [-0.2, 0) is 6.18 Å². The molecule has 0 aliphatic heterocycles. The van der Waals surface area contributed by atoms with Gasteiger partial charge in [-0.1, -0.05) is 38.1 Å². The molecule has 2 N–H and O–H groups in total. The Kier molecular flexibility index (Phi) is 6.84. The van der Waals surface area contributed by atoms with E-state index in [9.17, 15) is 13.2 Å². The average molecular weight is 595 g/mol. The molecule has 2 unspecified atom stereocenters. The molecule has 3 heterocycles. The molecule has 7 nitrogen and oxygen atoms in total. The Morgan fingerprint density at radius 1 is 1.02 bits per heavy atom. The first kappa shape index (κ1) is 27.7. The summed E-state index contributed by atoms with van der Waals surface area (Å²) in [6, 6.07) is 20.5. The average Bonchev–Trinajstić information content (AvgIpc) is 3.47. The summed E-state index contributed by atoms with van der Waals surface area (Å²) in [5, 5.41) is 3.16. The number of aromatic amines is 1. The number of halogens is 3. The first-order valence-corrected chi connectivity index (χ1v) is 14.5. The smallest absolute Gasteiger partial charge is 0.416 e. The Balaban J connectivity index is 1.19. The topological polar surface area (TPSA) is 80.7 Å². The molecule has 6 aromatic rings. The lowest BCUT2D eigenvalue weighted by atomic mass is 10.2. The number of fused-ring (bicyclic) bond motifs is 2. The minimum Gasteiger partial charge on any atom is -0.457 e. The summed E-state index contributed by atoms with van der Waals surface area (Å²) < 4.78 is 48.5. The second-order valence-electron chi connectivity index (χ2n) is 11.1. The van der Waals surface area contributed by atoms with Gasteiger partial charge >= 0.3 is 6.18 Å². The van der Waals surface area contributed by atoms with Gasteiger partial charge in [0, 0.05) is 30.1 Å². The number of ether oxygens (including phenoxy) is 1. The normalized spacial score (nSPS) is 16.4. The molecular weight excluding hydrogens is 565 g/mol. The molecule has 0 spiro atoms. The zero-order chi connectivity index (χ0) is 30.4. The number of pyridine rings is 1. The molecule has 7 rings (SSSR count). The molecule has 1 saturated carbocycles. The summed E-state index contributed by atoms with van der Waals surface area (Å²) >= 11 is 0. The number of anilines is 2. The quantitative estimate of drug-likeness (QED) is 0.174. The van der Waals surface area contributed by atoms with Crippen molar-refractivity contribution in [3.05, 3.63) is 96.7 Å². The summed E-state index contributed by atoms with van der Waals surface area (Å²) in [7, 11) is 0. The Hall–Kier alpha value is -5.12. The van der Waals surface area contributed by atoms with Gasteiger partial charge in [0.15, 0.2) is 5.82 Å². The molecule has 10 heteroatoms. The minimum absolute atomic E-state index is 0.231. The fourth-order valence-electron chi connectivity index (χ4n) is 5.71. The van der Waals surface area contributed by atoms with Crippen molar-refractivity contribution in [2.45, 2.75) is 38.4 Å². The molecule has 222 valence electrons. The van der Waals surface area contributed by atoms with Crippen LogP contribution in [0.1, 0.15) is 43.4 Å². The highest BCUT2D eigenvalue weighted by Gasteiger charge is 2.40. The zero-order valence-electron chi connectivity index (χ0n) is 23.9. The summed E-state index contributed by atoms with van der Waals surface area (Å²) in [5.74, 6) is 2.79. The summed E-state index contributed by atoms with van der Waals surface area (Å²) in [6.07, 6.45) is 2.17. The predicted octanol–water partition coefficient (Wildman–Crippen LogP) is 9.53. The van der Waals surface area contributed by atoms with E-state index in [1.807, 2.05) is 42.5 Å². The van der Waals surface area contributed by atoms with Crippen LogP contribution in [0.5, 0.6) is 11.5 Å². The molecule has 2 atom stereocenters. The van der Waals surface area contributed by atoms with Gasteiger partial charge in [0.05, 0.1) is 27.6 Å². The van der Waals surface area contributed by atoms with Gasteiger partial charge in [0.2, 0.25) is 5.95 Å². The van der Waals surface area contributed by atoms with Crippen molar-refractivity contribution in [1.82, 2.24) is 24.5 Å². The number of benzene rings is 3. The second kappa shape index (κ2) is 10.9. The SMILES string of the molecule is C=Cc1ccc2nc(-c3cc(Oc4ccc5c(c4)nc(Nc4cccc(C(F)(F)F)c4)n5C4CC4CCC)ccn3)[nH]c2c1. The third kappa shape index (κ3) is 5.39. The van der Waals surface area contributed by atoms with Gasteiger partial charge in [-0.05, 0) is 72.9 Å². The maximum Gasteiger partial charge on any atom is 0.416 e. The van der Waals surface area contributed by atoms with Crippen LogP contribution < -0.4 is 10.1 Å². The van der Waals surface area contributed by atoms with Gasteiger partial charge in [-0.25, -0.2) is 9.97 Å². The molecule has 1 fully saturated rings. The number of imidazole rings is 2. The highest BCUT2D eigenvalue weighted by Crippen LogP contribution is 2.50. The lowest BCUT2D eigenvalue weighted by molar-refractivity contribution is -0.137. The van der Waals surface area contributed by atoms with Crippen molar-refractivity contribution in [3.8, 4) is 23.0 Å². The largest absolute Gasteiger partial charge is 0.457 e. The Morgan fingerprint density at radius 2 is 1.89 bits per heavy atom. The lowest BCUT2D eigenvalue weighted by Gasteiger charge is -2.13. The van der Waals surface area contributed by atoms with E-state index in [0.29, 0.717) is 46.1 Å². The number of nitrogens with zero attached hydrogens (tertiary/aromatic N) is 4. The highest BCUT2D eigenvalue weighted by atomic mass is 19.4. The van der Waals surface area contributed by atoms with Crippen LogP contribution in [0, 0.1) is 5.92 Å². The van der Waals surface area contributed by atoms with Gasteiger partial charge in [0.1, 0.15) is 17.2 Å². The van der Waals surface area contributed by atoms with Crippen LogP contribution in [0.15, 0.2) is 85.6 Å². The lowest BCUT2D eigenvalue weighted by Crippen LogP contribution is -2.07. The van der Waals surface area contributed by atoms with Crippen LogP contribution in [0.3, 0.4) is 0 Å². The zero-order valence-corrected chi connectivity index (χ0v) is 23.9. The molecule has 3 aromatic heterocycles.